The maximum absolute atomic E-state index is 12.9. The molecule has 0 aliphatic heterocycles. The molecule has 29 heavy (non-hydrogen) atoms. The van der Waals surface area contributed by atoms with Crippen LogP contribution < -0.4 is 10.9 Å². The minimum atomic E-state index is -0.582. The van der Waals surface area contributed by atoms with Crippen LogP contribution in [0.4, 0.5) is 5.95 Å². The monoisotopic (exact) mass is 434 g/mol. The van der Waals surface area contributed by atoms with Gasteiger partial charge < -0.3 is 10.4 Å². The van der Waals surface area contributed by atoms with Gasteiger partial charge >= 0.3 is 0 Å². The van der Waals surface area contributed by atoms with Crippen molar-refractivity contribution in [1.29, 1.82) is 0 Å². The highest BCUT2D eigenvalue weighted by atomic mass is 35.5. The normalized spacial score (nSPS) is 21.6. The van der Waals surface area contributed by atoms with E-state index >= 15 is 0 Å². The molecule has 0 amide bonds. The molecular formula is C21H24Cl2N4O2. The molecule has 2 heterocycles. The molecule has 1 aromatic carbocycles. The van der Waals surface area contributed by atoms with Gasteiger partial charge in [-0.25, -0.2) is 4.98 Å². The van der Waals surface area contributed by atoms with Crippen molar-refractivity contribution in [2.75, 3.05) is 5.32 Å². The maximum atomic E-state index is 12.9. The second kappa shape index (κ2) is 8.30. The van der Waals surface area contributed by atoms with E-state index in [9.17, 15) is 9.90 Å². The van der Waals surface area contributed by atoms with E-state index in [2.05, 4.69) is 15.3 Å². The molecule has 0 atom stereocenters. The first-order chi connectivity index (χ1) is 13.3. The number of pyridine rings is 1. The average Bonchev–Trinajstić information content (AvgIpc) is 2.67. The Balaban J connectivity index is 0.00000240. The Hall–Kier alpha value is -2.15. The molecule has 1 fully saturated rings. The van der Waals surface area contributed by atoms with Crippen molar-refractivity contribution in [1.82, 2.24) is 14.5 Å². The van der Waals surface area contributed by atoms with Gasteiger partial charge in [-0.05, 0) is 44.7 Å². The Morgan fingerprint density at radius 1 is 1.24 bits per heavy atom. The number of nitrogens with zero attached hydrogens (tertiary/aromatic N) is 3. The van der Waals surface area contributed by atoms with Gasteiger partial charge in [-0.3, -0.25) is 9.36 Å². The molecule has 8 heteroatoms. The molecule has 0 radical (unpaired) electrons. The zero-order chi connectivity index (χ0) is 19.9. The second-order valence-electron chi connectivity index (χ2n) is 7.79. The SMILES string of the molecule is Cl.Cn1c(=O)c(-c2ccccc2Cl)cc2cnc(NC3CCC(C)(O)CC3)nc21. The molecule has 1 aliphatic carbocycles. The smallest absolute Gasteiger partial charge is 0.259 e. The van der Waals surface area contributed by atoms with Gasteiger partial charge in [0.1, 0.15) is 5.65 Å². The molecule has 2 N–H and O–H groups in total. The van der Waals surface area contributed by atoms with Crippen LogP contribution in [0.15, 0.2) is 41.3 Å². The van der Waals surface area contributed by atoms with E-state index in [0.717, 1.165) is 31.1 Å². The Kier molecular flexibility index (Phi) is 6.17. The zero-order valence-electron chi connectivity index (χ0n) is 16.4. The van der Waals surface area contributed by atoms with Crippen molar-refractivity contribution in [2.24, 2.45) is 7.05 Å². The molecule has 1 saturated carbocycles. The van der Waals surface area contributed by atoms with E-state index in [1.54, 1.807) is 25.4 Å². The van der Waals surface area contributed by atoms with E-state index < -0.39 is 5.60 Å². The van der Waals surface area contributed by atoms with Gasteiger partial charge in [-0.1, -0.05) is 29.8 Å². The van der Waals surface area contributed by atoms with Crippen molar-refractivity contribution in [3.05, 3.63) is 51.9 Å². The summed E-state index contributed by atoms with van der Waals surface area (Å²) in [7, 11) is 1.71. The van der Waals surface area contributed by atoms with Gasteiger partial charge in [0.05, 0.1) is 5.60 Å². The minimum absolute atomic E-state index is 0. The molecular weight excluding hydrogens is 411 g/mol. The predicted molar refractivity (Wildman–Crippen MR) is 119 cm³/mol. The topological polar surface area (TPSA) is 80.0 Å². The largest absolute Gasteiger partial charge is 0.390 e. The first-order valence-electron chi connectivity index (χ1n) is 9.45. The summed E-state index contributed by atoms with van der Waals surface area (Å²) in [5.41, 5.74) is 1.06. The Morgan fingerprint density at radius 3 is 2.62 bits per heavy atom. The lowest BCUT2D eigenvalue weighted by atomic mass is 9.84. The number of nitrogens with one attached hydrogen (secondary N) is 1. The third kappa shape index (κ3) is 4.39. The van der Waals surface area contributed by atoms with Crippen LogP contribution in [0.1, 0.15) is 32.6 Å². The number of rotatable bonds is 3. The lowest BCUT2D eigenvalue weighted by molar-refractivity contribution is 0.0196. The molecule has 0 spiro atoms. The Labute approximate surface area is 180 Å². The maximum Gasteiger partial charge on any atom is 0.259 e. The molecule has 154 valence electrons. The van der Waals surface area contributed by atoms with E-state index in [4.69, 9.17) is 11.6 Å². The van der Waals surface area contributed by atoms with E-state index in [-0.39, 0.29) is 24.0 Å². The highest BCUT2D eigenvalue weighted by molar-refractivity contribution is 6.33. The van der Waals surface area contributed by atoms with E-state index in [0.29, 0.717) is 27.7 Å². The fraction of sp³-hybridized carbons (Fsp3) is 0.381. The van der Waals surface area contributed by atoms with Crippen LogP contribution in [-0.4, -0.2) is 31.3 Å². The summed E-state index contributed by atoms with van der Waals surface area (Å²) in [5.74, 6) is 0.500. The molecule has 6 nitrogen and oxygen atoms in total. The van der Waals surface area contributed by atoms with Gasteiger partial charge in [0.25, 0.3) is 5.56 Å². The number of aromatic nitrogens is 3. The third-order valence-electron chi connectivity index (χ3n) is 5.51. The third-order valence-corrected chi connectivity index (χ3v) is 5.84. The minimum Gasteiger partial charge on any atom is -0.390 e. The summed E-state index contributed by atoms with van der Waals surface area (Å²) >= 11 is 6.28. The molecule has 0 bridgehead atoms. The van der Waals surface area contributed by atoms with E-state index in [1.807, 2.05) is 25.1 Å². The van der Waals surface area contributed by atoms with Crippen molar-refractivity contribution >= 4 is 41.0 Å². The highest BCUT2D eigenvalue weighted by Crippen LogP contribution is 2.30. The number of halogens is 2. The van der Waals surface area contributed by atoms with Gasteiger partial charge in [0.2, 0.25) is 5.95 Å². The van der Waals surface area contributed by atoms with Crippen LogP contribution in [0, 0.1) is 0 Å². The molecule has 0 unspecified atom stereocenters. The first kappa shape index (κ1) is 21.6. The number of fused-ring (bicyclic) bond motifs is 1. The van der Waals surface area contributed by atoms with Crippen LogP contribution in [0.3, 0.4) is 0 Å². The number of aryl methyl sites for hydroxylation is 1. The second-order valence-corrected chi connectivity index (χ2v) is 8.20. The fourth-order valence-electron chi connectivity index (χ4n) is 3.76. The number of hydrogen-bond donors (Lipinski definition) is 2. The van der Waals surface area contributed by atoms with Gasteiger partial charge in [-0.15, -0.1) is 12.4 Å². The van der Waals surface area contributed by atoms with Crippen LogP contribution in [0.2, 0.25) is 5.02 Å². The molecule has 0 saturated heterocycles. The average molecular weight is 435 g/mol. The van der Waals surface area contributed by atoms with Gasteiger partial charge in [0.15, 0.2) is 0 Å². The Bertz CT molecular complexity index is 1090. The molecule has 1 aliphatic rings. The highest BCUT2D eigenvalue weighted by Gasteiger charge is 2.28. The number of hydrogen-bond acceptors (Lipinski definition) is 5. The number of benzene rings is 1. The first-order valence-corrected chi connectivity index (χ1v) is 9.82. The van der Waals surface area contributed by atoms with Gasteiger partial charge in [-0.2, -0.15) is 4.98 Å². The quantitative estimate of drug-likeness (QED) is 0.646. The number of anilines is 1. The summed E-state index contributed by atoms with van der Waals surface area (Å²) in [6, 6.07) is 9.31. The number of aliphatic hydroxyl groups is 1. The van der Waals surface area contributed by atoms with E-state index in [1.165, 1.54) is 4.57 Å². The van der Waals surface area contributed by atoms with Crippen molar-refractivity contribution < 1.29 is 5.11 Å². The molecule has 2 aromatic heterocycles. The van der Waals surface area contributed by atoms with Crippen LogP contribution in [0.5, 0.6) is 0 Å². The molecule has 4 rings (SSSR count). The van der Waals surface area contributed by atoms with Crippen LogP contribution in [0.25, 0.3) is 22.2 Å². The van der Waals surface area contributed by atoms with Gasteiger partial charge in [0, 0.05) is 40.8 Å². The van der Waals surface area contributed by atoms with Crippen molar-refractivity contribution in [3.8, 4) is 11.1 Å². The standard InChI is InChI=1S/C21H23ClN4O2.ClH/c1-21(28)9-7-14(8-10-21)24-20-23-12-13-11-16(15-5-3-4-6-17(15)22)19(27)26(2)18(13)25-20;/h3-6,11-12,14,28H,7-10H2,1-2H3,(H,23,24,25);1H. The Morgan fingerprint density at radius 2 is 1.93 bits per heavy atom. The summed E-state index contributed by atoms with van der Waals surface area (Å²) < 4.78 is 1.53. The summed E-state index contributed by atoms with van der Waals surface area (Å²) in [4.78, 5) is 21.9. The molecule has 3 aromatic rings. The summed E-state index contributed by atoms with van der Waals surface area (Å²) in [5, 5.41) is 14.7. The summed E-state index contributed by atoms with van der Waals surface area (Å²) in [6.07, 6.45) is 4.94. The zero-order valence-corrected chi connectivity index (χ0v) is 17.9. The lowest BCUT2D eigenvalue weighted by Crippen LogP contribution is -2.36. The van der Waals surface area contributed by atoms with Crippen molar-refractivity contribution in [3.63, 3.8) is 0 Å². The predicted octanol–water partition coefficient (Wildman–Crippen LogP) is 4.18. The van der Waals surface area contributed by atoms with Crippen LogP contribution in [-0.2, 0) is 7.05 Å². The van der Waals surface area contributed by atoms with Crippen molar-refractivity contribution in [2.45, 2.75) is 44.2 Å². The lowest BCUT2D eigenvalue weighted by Gasteiger charge is -2.33. The van der Waals surface area contributed by atoms with Crippen LogP contribution >= 0.6 is 24.0 Å². The summed E-state index contributed by atoms with van der Waals surface area (Å²) in [6.45, 7) is 1.88. The fourth-order valence-corrected chi connectivity index (χ4v) is 3.99.